The summed E-state index contributed by atoms with van der Waals surface area (Å²) in [6.07, 6.45) is 0. The molecule has 0 saturated heterocycles. The summed E-state index contributed by atoms with van der Waals surface area (Å²) < 4.78 is 18.5. The van der Waals surface area contributed by atoms with E-state index in [2.05, 4.69) is 5.14 Å². The number of alkyl halides is 3. The minimum Gasteiger partial charge on any atom is -0.229 e. The molecule has 3 nitrogen and oxygen atoms in total. The molecular formula is C2H4Cl3NO2S. The molecule has 0 radical (unpaired) electrons. The fraction of sp³-hybridized carbons (Fsp3) is 1.00. The minimum atomic E-state index is -3.68. The van der Waals surface area contributed by atoms with Gasteiger partial charge in [-0.2, -0.15) is 0 Å². The molecule has 0 spiro atoms. The molecule has 0 aliphatic carbocycles. The van der Waals surface area contributed by atoms with E-state index in [0.29, 0.717) is 0 Å². The highest BCUT2D eigenvalue weighted by molar-refractivity contribution is 7.89. The predicted octanol–water partition coefficient (Wildman–Crippen LogP) is 0.645. The van der Waals surface area contributed by atoms with Crippen LogP contribution in [0.1, 0.15) is 0 Å². The first-order valence-electron chi connectivity index (χ1n) is 1.78. The lowest BCUT2D eigenvalue weighted by Gasteiger charge is -2.06. The first kappa shape index (κ1) is 9.78. The van der Waals surface area contributed by atoms with Gasteiger partial charge >= 0.3 is 0 Å². The average Bonchev–Trinajstić information content (AvgIpc) is 1.14. The van der Waals surface area contributed by atoms with E-state index in [9.17, 15) is 8.42 Å². The van der Waals surface area contributed by atoms with E-state index in [1.54, 1.807) is 0 Å². The molecule has 0 unspecified atom stereocenters. The van der Waals surface area contributed by atoms with Crippen LogP contribution in [0.2, 0.25) is 0 Å². The third-order valence-electron chi connectivity index (χ3n) is 0.365. The fourth-order valence-electron chi connectivity index (χ4n) is 0.228. The molecule has 0 heterocycles. The molecule has 0 atom stereocenters. The topological polar surface area (TPSA) is 60.2 Å². The van der Waals surface area contributed by atoms with Crippen LogP contribution >= 0.6 is 34.8 Å². The van der Waals surface area contributed by atoms with E-state index < -0.39 is 19.6 Å². The van der Waals surface area contributed by atoms with E-state index in [1.807, 2.05) is 0 Å². The number of nitrogens with two attached hydrogens (primary N) is 1. The Morgan fingerprint density at radius 2 is 1.67 bits per heavy atom. The van der Waals surface area contributed by atoms with Crippen molar-refractivity contribution in [2.75, 3.05) is 5.75 Å². The molecule has 0 saturated carbocycles. The molecule has 0 aliphatic rings. The largest absolute Gasteiger partial charge is 0.229 e. The molecule has 0 fully saturated rings. The highest BCUT2D eigenvalue weighted by Gasteiger charge is 2.25. The van der Waals surface area contributed by atoms with Crippen molar-refractivity contribution >= 4 is 44.8 Å². The van der Waals surface area contributed by atoms with Crippen LogP contribution in [0.3, 0.4) is 0 Å². The van der Waals surface area contributed by atoms with E-state index in [-0.39, 0.29) is 0 Å². The number of hydrogen-bond donors (Lipinski definition) is 1. The van der Waals surface area contributed by atoms with Crippen LogP contribution in [0.25, 0.3) is 0 Å². The molecular weight excluding hydrogens is 208 g/mol. The second kappa shape index (κ2) is 2.80. The maximum Gasteiger partial charge on any atom is 0.213 e. The summed E-state index contributed by atoms with van der Waals surface area (Å²) in [6, 6.07) is 0. The van der Waals surface area contributed by atoms with Crippen LogP contribution in [0.5, 0.6) is 0 Å². The van der Waals surface area contributed by atoms with Crippen molar-refractivity contribution in [2.24, 2.45) is 5.14 Å². The van der Waals surface area contributed by atoms with Crippen LogP contribution < -0.4 is 5.14 Å². The summed E-state index contributed by atoms with van der Waals surface area (Å²) in [5.41, 5.74) is 0. The maximum atomic E-state index is 10.2. The Morgan fingerprint density at radius 1 is 1.33 bits per heavy atom. The van der Waals surface area contributed by atoms with Gasteiger partial charge in [-0.05, 0) is 0 Å². The Bertz CT molecular complexity index is 180. The standard InChI is InChI=1S/C2H4Cl3NO2S/c3-2(4,5)1-9(6,7)8/h1H2,(H2,6,7,8). The molecule has 2 N–H and O–H groups in total. The van der Waals surface area contributed by atoms with Gasteiger partial charge in [0.2, 0.25) is 13.8 Å². The summed E-state index contributed by atoms with van der Waals surface area (Å²) in [4.78, 5) is 0. The van der Waals surface area contributed by atoms with Gasteiger partial charge in [0, 0.05) is 0 Å². The van der Waals surface area contributed by atoms with Crippen molar-refractivity contribution in [3.8, 4) is 0 Å². The van der Waals surface area contributed by atoms with Crippen molar-refractivity contribution in [1.82, 2.24) is 0 Å². The lowest BCUT2D eigenvalue weighted by Crippen LogP contribution is -2.25. The Labute approximate surface area is 68.1 Å². The highest BCUT2D eigenvalue weighted by atomic mass is 35.6. The quantitative estimate of drug-likeness (QED) is 0.649. The third-order valence-corrected chi connectivity index (χ3v) is 2.08. The summed E-state index contributed by atoms with van der Waals surface area (Å²) >= 11 is 15.3. The van der Waals surface area contributed by atoms with Crippen molar-refractivity contribution < 1.29 is 8.42 Å². The minimum absolute atomic E-state index is 0.662. The van der Waals surface area contributed by atoms with Gasteiger partial charge in [0.25, 0.3) is 0 Å². The summed E-state index contributed by atoms with van der Waals surface area (Å²) in [5.74, 6) is -0.662. The van der Waals surface area contributed by atoms with Crippen LogP contribution in [-0.4, -0.2) is 18.0 Å². The van der Waals surface area contributed by atoms with E-state index in [4.69, 9.17) is 34.8 Å². The molecule has 0 aliphatic heterocycles. The third kappa shape index (κ3) is 8.78. The average molecular weight is 212 g/mol. The van der Waals surface area contributed by atoms with Gasteiger partial charge in [0.05, 0.1) is 0 Å². The van der Waals surface area contributed by atoms with Crippen LogP contribution in [0, 0.1) is 0 Å². The first-order chi connectivity index (χ1) is 3.71. The molecule has 0 amide bonds. The Balaban J connectivity index is 4.07. The van der Waals surface area contributed by atoms with E-state index in [1.165, 1.54) is 0 Å². The highest BCUT2D eigenvalue weighted by Crippen LogP contribution is 2.26. The van der Waals surface area contributed by atoms with Crippen LogP contribution in [-0.2, 0) is 10.0 Å². The second-order valence-corrected chi connectivity index (χ2v) is 5.55. The molecule has 7 heteroatoms. The van der Waals surface area contributed by atoms with E-state index >= 15 is 0 Å². The van der Waals surface area contributed by atoms with Crippen LogP contribution in [0.15, 0.2) is 0 Å². The van der Waals surface area contributed by atoms with Gasteiger partial charge in [0.15, 0.2) is 0 Å². The lowest BCUT2D eigenvalue weighted by molar-refractivity contribution is 0.597. The summed E-state index contributed by atoms with van der Waals surface area (Å²) in [7, 11) is -3.68. The normalized spacial score (nSPS) is 13.8. The second-order valence-electron chi connectivity index (χ2n) is 1.42. The zero-order chi connectivity index (χ0) is 7.71. The van der Waals surface area contributed by atoms with Crippen molar-refractivity contribution in [3.63, 3.8) is 0 Å². The van der Waals surface area contributed by atoms with Crippen molar-refractivity contribution in [2.45, 2.75) is 3.79 Å². The lowest BCUT2D eigenvalue weighted by atomic mass is 10.9. The SMILES string of the molecule is NS(=O)(=O)CC(Cl)(Cl)Cl. The predicted molar refractivity (Wildman–Crippen MR) is 38.3 cm³/mol. The molecule has 0 rings (SSSR count). The number of halogens is 3. The molecule has 0 aromatic carbocycles. The fourth-order valence-corrected chi connectivity index (χ4v) is 2.05. The molecule has 56 valence electrons. The van der Waals surface area contributed by atoms with Crippen molar-refractivity contribution in [3.05, 3.63) is 0 Å². The first-order valence-corrected chi connectivity index (χ1v) is 4.63. The summed E-state index contributed by atoms with van der Waals surface area (Å²) in [6.45, 7) is 0. The molecule has 0 aromatic rings. The number of rotatable bonds is 1. The van der Waals surface area contributed by atoms with Gasteiger partial charge < -0.3 is 0 Å². The van der Waals surface area contributed by atoms with Gasteiger partial charge in [-0.3, -0.25) is 0 Å². The number of primary sulfonamides is 1. The van der Waals surface area contributed by atoms with Gasteiger partial charge in [-0.25, -0.2) is 13.6 Å². The molecule has 0 aromatic heterocycles. The van der Waals surface area contributed by atoms with Crippen molar-refractivity contribution in [1.29, 1.82) is 0 Å². The number of hydrogen-bond acceptors (Lipinski definition) is 2. The van der Waals surface area contributed by atoms with Crippen LogP contribution in [0.4, 0.5) is 0 Å². The number of sulfonamides is 1. The van der Waals surface area contributed by atoms with Gasteiger partial charge in [-0.1, -0.05) is 34.8 Å². The summed E-state index contributed by atoms with van der Waals surface area (Å²) in [5, 5.41) is 4.54. The Morgan fingerprint density at radius 3 is 1.67 bits per heavy atom. The maximum absolute atomic E-state index is 10.2. The molecule has 0 bridgehead atoms. The van der Waals surface area contributed by atoms with Gasteiger partial charge in [0.1, 0.15) is 5.75 Å². The zero-order valence-electron chi connectivity index (χ0n) is 4.14. The Hall–Kier alpha value is 0.780. The Kier molecular flexibility index (Phi) is 3.04. The monoisotopic (exact) mass is 211 g/mol. The zero-order valence-corrected chi connectivity index (χ0v) is 7.23. The van der Waals surface area contributed by atoms with E-state index in [0.717, 1.165) is 0 Å². The molecule has 9 heavy (non-hydrogen) atoms. The smallest absolute Gasteiger partial charge is 0.213 e. The van der Waals surface area contributed by atoms with Gasteiger partial charge in [-0.15, -0.1) is 0 Å².